The number of halogens is 1. The van der Waals surface area contributed by atoms with E-state index in [1.807, 2.05) is 18.2 Å². The van der Waals surface area contributed by atoms with Crippen LogP contribution in [0.4, 0.5) is 0 Å². The predicted octanol–water partition coefficient (Wildman–Crippen LogP) is 3.71. The zero-order valence-electron chi connectivity index (χ0n) is 9.54. The Morgan fingerprint density at radius 2 is 2.31 bits per heavy atom. The summed E-state index contributed by atoms with van der Waals surface area (Å²) in [6.45, 7) is 3.61. The van der Waals surface area contributed by atoms with Gasteiger partial charge in [0.2, 0.25) is 0 Å². The van der Waals surface area contributed by atoms with Crippen molar-refractivity contribution >= 4 is 15.9 Å². The van der Waals surface area contributed by atoms with E-state index in [1.165, 1.54) is 18.4 Å². The van der Waals surface area contributed by atoms with Crippen LogP contribution in [0, 0.1) is 6.92 Å². The Hall–Kier alpha value is -0.540. The van der Waals surface area contributed by atoms with Crippen LogP contribution in [-0.4, -0.2) is 19.3 Å². The maximum atomic E-state index is 5.74. The summed E-state index contributed by atoms with van der Waals surface area (Å²) in [5, 5.41) is 0. The molecule has 1 aliphatic heterocycles. The molecule has 1 aliphatic rings. The topological polar surface area (TPSA) is 18.5 Å². The molecular weight excluding hydrogens is 268 g/mol. The molecule has 3 heteroatoms. The minimum Gasteiger partial charge on any atom is -0.491 e. The summed E-state index contributed by atoms with van der Waals surface area (Å²) < 4.78 is 12.5. The lowest BCUT2D eigenvalue weighted by Gasteiger charge is -2.22. The van der Waals surface area contributed by atoms with Crippen LogP contribution in [0.2, 0.25) is 0 Å². The summed E-state index contributed by atoms with van der Waals surface area (Å²) in [5.41, 5.74) is 1.20. The van der Waals surface area contributed by atoms with Crippen molar-refractivity contribution in [3.05, 3.63) is 28.2 Å². The summed E-state index contributed by atoms with van der Waals surface area (Å²) >= 11 is 3.48. The highest BCUT2D eigenvalue weighted by Crippen LogP contribution is 2.22. The standard InChI is InChI=1S/C13H17BrO2/c1-10-8-11(5-6-13(10)14)16-9-12-4-2-3-7-15-12/h5-6,8,12H,2-4,7,9H2,1H3. The molecule has 1 aromatic rings. The van der Waals surface area contributed by atoms with Gasteiger partial charge in [0.05, 0.1) is 6.10 Å². The summed E-state index contributed by atoms with van der Waals surface area (Å²) in [6.07, 6.45) is 3.84. The van der Waals surface area contributed by atoms with Gasteiger partial charge in [0.15, 0.2) is 0 Å². The van der Waals surface area contributed by atoms with E-state index in [0.717, 1.165) is 23.2 Å². The molecule has 0 radical (unpaired) electrons. The molecule has 2 nitrogen and oxygen atoms in total. The monoisotopic (exact) mass is 284 g/mol. The summed E-state index contributed by atoms with van der Waals surface area (Å²) in [7, 11) is 0. The predicted molar refractivity (Wildman–Crippen MR) is 68.0 cm³/mol. The molecule has 0 saturated carbocycles. The highest BCUT2D eigenvalue weighted by atomic mass is 79.9. The molecule has 16 heavy (non-hydrogen) atoms. The third kappa shape index (κ3) is 3.22. The molecule has 1 heterocycles. The number of rotatable bonds is 3. The van der Waals surface area contributed by atoms with Gasteiger partial charge in [-0.15, -0.1) is 0 Å². The Kier molecular flexibility index (Phi) is 4.24. The van der Waals surface area contributed by atoms with E-state index >= 15 is 0 Å². The highest BCUT2D eigenvalue weighted by molar-refractivity contribution is 9.10. The van der Waals surface area contributed by atoms with Crippen LogP contribution in [-0.2, 0) is 4.74 Å². The SMILES string of the molecule is Cc1cc(OCC2CCCCO2)ccc1Br. The molecule has 0 spiro atoms. The van der Waals surface area contributed by atoms with Gasteiger partial charge in [0, 0.05) is 11.1 Å². The zero-order chi connectivity index (χ0) is 11.4. The van der Waals surface area contributed by atoms with Crippen LogP contribution in [0.15, 0.2) is 22.7 Å². The molecule has 0 aromatic heterocycles. The second kappa shape index (κ2) is 5.69. The van der Waals surface area contributed by atoms with Gasteiger partial charge in [-0.2, -0.15) is 0 Å². The van der Waals surface area contributed by atoms with Crippen LogP contribution < -0.4 is 4.74 Å². The van der Waals surface area contributed by atoms with Crippen LogP contribution in [0.1, 0.15) is 24.8 Å². The van der Waals surface area contributed by atoms with E-state index in [-0.39, 0.29) is 6.10 Å². The molecule has 88 valence electrons. The van der Waals surface area contributed by atoms with Gasteiger partial charge in [-0.1, -0.05) is 15.9 Å². The minimum atomic E-state index is 0.276. The Bertz CT molecular complexity index is 346. The van der Waals surface area contributed by atoms with Crippen LogP contribution >= 0.6 is 15.9 Å². The van der Waals surface area contributed by atoms with Crippen molar-refractivity contribution in [3.8, 4) is 5.75 Å². The van der Waals surface area contributed by atoms with Crippen molar-refractivity contribution in [1.29, 1.82) is 0 Å². The Balaban J connectivity index is 1.86. The first kappa shape index (κ1) is 11.9. The molecule has 0 amide bonds. The van der Waals surface area contributed by atoms with E-state index in [0.29, 0.717) is 6.61 Å². The average molecular weight is 285 g/mol. The molecule has 1 unspecified atom stereocenters. The zero-order valence-corrected chi connectivity index (χ0v) is 11.1. The molecular formula is C13H17BrO2. The molecule has 1 aromatic carbocycles. The minimum absolute atomic E-state index is 0.276. The number of hydrogen-bond acceptors (Lipinski definition) is 2. The average Bonchev–Trinajstić information content (AvgIpc) is 2.32. The first-order valence-corrected chi connectivity index (χ1v) is 6.55. The third-order valence-electron chi connectivity index (χ3n) is 2.84. The lowest BCUT2D eigenvalue weighted by molar-refractivity contribution is -0.0110. The molecule has 0 N–H and O–H groups in total. The molecule has 1 saturated heterocycles. The van der Waals surface area contributed by atoms with Crippen molar-refractivity contribution in [3.63, 3.8) is 0 Å². The van der Waals surface area contributed by atoms with E-state index in [2.05, 4.69) is 22.9 Å². The van der Waals surface area contributed by atoms with Gasteiger partial charge in [0.1, 0.15) is 12.4 Å². The van der Waals surface area contributed by atoms with Crippen LogP contribution in [0.5, 0.6) is 5.75 Å². The van der Waals surface area contributed by atoms with E-state index in [1.54, 1.807) is 0 Å². The molecule has 2 rings (SSSR count). The smallest absolute Gasteiger partial charge is 0.119 e. The maximum Gasteiger partial charge on any atom is 0.119 e. The van der Waals surface area contributed by atoms with Crippen molar-refractivity contribution in [2.75, 3.05) is 13.2 Å². The molecule has 0 bridgehead atoms. The van der Waals surface area contributed by atoms with E-state index in [9.17, 15) is 0 Å². The Labute approximate surface area is 105 Å². The van der Waals surface area contributed by atoms with Crippen molar-refractivity contribution < 1.29 is 9.47 Å². The lowest BCUT2D eigenvalue weighted by atomic mass is 10.1. The van der Waals surface area contributed by atoms with E-state index in [4.69, 9.17) is 9.47 Å². The van der Waals surface area contributed by atoms with Gasteiger partial charge in [-0.25, -0.2) is 0 Å². The molecule has 0 aliphatic carbocycles. The lowest BCUT2D eigenvalue weighted by Crippen LogP contribution is -2.25. The Morgan fingerprint density at radius 3 is 3.00 bits per heavy atom. The first-order chi connectivity index (χ1) is 7.75. The van der Waals surface area contributed by atoms with Crippen LogP contribution in [0.25, 0.3) is 0 Å². The third-order valence-corrected chi connectivity index (χ3v) is 3.73. The largest absolute Gasteiger partial charge is 0.491 e. The second-order valence-corrected chi connectivity index (χ2v) is 5.06. The van der Waals surface area contributed by atoms with Crippen LogP contribution in [0.3, 0.4) is 0 Å². The van der Waals surface area contributed by atoms with Gasteiger partial charge >= 0.3 is 0 Å². The fourth-order valence-electron chi connectivity index (χ4n) is 1.83. The number of aryl methyl sites for hydroxylation is 1. The van der Waals surface area contributed by atoms with Crippen molar-refractivity contribution in [2.24, 2.45) is 0 Å². The fourth-order valence-corrected chi connectivity index (χ4v) is 2.08. The number of benzene rings is 1. The maximum absolute atomic E-state index is 5.74. The molecule has 1 fully saturated rings. The van der Waals surface area contributed by atoms with Gasteiger partial charge in [0.25, 0.3) is 0 Å². The number of hydrogen-bond donors (Lipinski definition) is 0. The normalized spacial score (nSPS) is 20.8. The quantitative estimate of drug-likeness (QED) is 0.843. The first-order valence-electron chi connectivity index (χ1n) is 5.76. The summed E-state index contributed by atoms with van der Waals surface area (Å²) in [4.78, 5) is 0. The highest BCUT2D eigenvalue weighted by Gasteiger charge is 2.14. The summed E-state index contributed by atoms with van der Waals surface area (Å²) in [5.74, 6) is 0.926. The van der Waals surface area contributed by atoms with E-state index < -0.39 is 0 Å². The Morgan fingerprint density at radius 1 is 1.44 bits per heavy atom. The van der Waals surface area contributed by atoms with Gasteiger partial charge in [-0.05, 0) is 49.9 Å². The van der Waals surface area contributed by atoms with Gasteiger partial charge in [-0.3, -0.25) is 0 Å². The van der Waals surface area contributed by atoms with Gasteiger partial charge < -0.3 is 9.47 Å². The number of ether oxygens (including phenoxy) is 2. The molecule has 1 atom stereocenters. The second-order valence-electron chi connectivity index (χ2n) is 4.21. The van der Waals surface area contributed by atoms with Crippen molar-refractivity contribution in [1.82, 2.24) is 0 Å². The van der Waals surface area contributed by atoms with Crippen molar-refractivity contribution in [2.45, 2.75) is 32.3 Å². The summed E-state index contributed by atoms with van der Waals surface area (Å²) in [6, 6.07) is 6.05. The fraction of sp³-hybridized carbons (Fsp3) is 0.538.